The van der Waals surface area contributed by atoms with E-state index in [0.29, 0.717) is 30.2 Å². The van der Waals surface area contributed by atoms with Gasteiger partial charge in [0.25, 0.3) is 5.91 Å². The summed E-state index contributed by atoms with van der Waals surface area (Å²) < 4.78 is 27.4. The van der Waals surface area contributed by atoms with Crippen LogP contribution in [0.5, 0.6) is 0 Å². The summed E-state index contributed by atoms with van der Waals surface area (Å²) in [6.07, 6.45) is 2.80. The number of benzene rings is 2. The summed E-state index contributed by atoms with van der Waals surface area (Å²) >= 11 is 6.20. The van der Waals surface area contributed by atoms with Crippen LogP contribution in [0.3, 0.4) is 0 Å². The van der Waals surface area contributed by atoms with E-state index in [2.05, 4.69) is 0 Å². The van der Waals surface area contributed by atoms with Gasteiger partial charge < -0.3 is 4.90 Å². The van der Waals surface area contributed by atoms with Crippen LogP contribution in [0.4, 0.5) is 0 Å². The quantitative estimate of drug-likeness (QED) is 0.731. The van der Waals surface area contributed by atoms with Gasteiger partial charge in [-0.1, -0.05) is 42.3 Å². The van der Waals surface area contributed by atoms with Gasteiger partial charge in [-0.25, -0.2) is 8.42 Å². The SMILES string of the molecule is Cc1ccc(S(=O)(=O)N2CCCCC2)cc1C(=O)N(C)Cc1ccccc1Cl. The van der Waals surface area contributed by atoms with Crippen molar-refractivity contribution < 1.29 is 13.2 Å². The van der Waals surface area contributed by atoms with Gasteiger partial charge in [-0.05, 0) is 49.1 Å². The van der Waals surface area contributed by atoms with Gasteiger partial charge in [0.05, 0.1) is 4.90 Å². The van der Waals surface area contributed by atoms with Gasteiger partial charge in [0.2, 0.25) is 10.0 Å². The van der Waals surface area contributed by atoms with Gasteiger partial charge in [-0.2, -0.15) is 4.31 Å². The number of nitrogens with zero attached hydrogens (tertiary/aromatic N) is 2. The summed E-state index contributed by atoms with van der Waals surface area (Å²) in [5, 5.41) is 0.597. The average Bonchev–Trinajstić information content (AvgIpc) is 2.70. The number of amides is 1. The van der Waals surface area contributed by atoms with Gasteiger partial charge in [0, 0.05) is 37.3 Å². The Balaban J connectivity index is 1.86. The summed E-state index contributed by atoms with van der Waals surface area (Å²) in [5.74, 6) is -0.229. The maximum absolute atomic E-state index is 13.0. The van der Waals surface area contributed by atoms with Crippen molar-refractivity contribution in [2.24, 2.45) is 0 Å². The fourth-order valence-electron chi connectivity index (χ4n) is 3.41. The highest BCUT2D eigenvalue weighted by atomic mass is 35.5. The topological polar surface area (TPSA) is 57.7 Å². The largest absolute Gasteiger partial charge is 0.337 e. The van der Waals surface area contributed by atoms with Crippen LogP contribution in [-0.4, -0.2) is 43.7 Å². The van der Waals surface area contributed by atoms with Gasteiger partial charge in [0.15, 0.2) is 0 Å². The first-order valence-electron chi connectivity index (χ1n) is 9.40. The molecule has 0 aromatic heterocycles. The van der Waals surface area contributed by atoms with E-state index in [9.17, 15) is 13.2 Å². The fraction of sp³-hybridized carbons (Fsp3) is 0.381. The minimum atomic E-state index is -3.58. The highest BCUT2D eigenvalue weighted by Gasteiger charge is 2.27. The maximum atomic E-state index is 13.0. The molecule has 0 bridgehead atoms. The zero-order valence-electron chi connectivity index (χ0n) is 16.2. The molecule has 0 spiro atoms. The first-order valence-corrected chi connectivity index (χ1v) is 11.2. The highest BCUT2D eigenvalue weighted by Crippen LogP contribution is 2.24. The van der Waals surface area contributed by atoms with E-state index in [1.165, 1.54) is 10.4 Å². The Morgan fingerprint density at radius 3 is 2.46 bits per heavy atom. The number of halogens is 1. The van der Waals surface area contributed by atoms with Crippen molar-refractivity contribution in [3.63, 3.8) is 0 Å². The molecule has 0 atom stereocenters. The Morgan fingerprint density at radius 1 is 1.11 bits per heavy atom. The Labute approximate surface area is 172 Å². The van der Waals surface area contributed by atoms with Crippen molar-refractivity contribution in [3.05, 3.63) is 64.2 Å². The van der Waals surface area contributed by atoms with E-state index in [1.807, 2.05) is 25.1 Å². The molecule has 1 amide bonds. The molecule has 3 rings (SSSR count). The van der Waals surface area contributed by atoms with Crippen molar-refractivity contribution in [2.75, 3.05) is 20.1 Å². The van der Waals surface area contributed by atoms with Crippen molar-refractivity contribution in [1.82, 2.24) is 9.21 Å². The van der Waals surface area contributed by atoms with Crippen molar-refractivity contribution >= 4 is 27.5 Å². The van der Waals surface area contributed by atoms with Crippen molar-refractivity contribution in [3.8, 4) is 0 Å². The molecule has 0 N–H and O–H groups in total. The van der Waals surface area contributed by atoms with Crippen LogP contribution >= 0.6 is 11.6 Å². The van der Waals surface area contributed by atoms with E-state index in [4.69, 9.17) is 11.6 Å². The molecule has 0 saturated carbocycles. The Morgan fingerprint density at radius 2 is 1.79 bits per heavy atom. The fourth-order valence-corrected chi connectivity index (χ4v) is 5.15. The lowest BCUT2D eigenvalue weighted by molar-refractivity contribution is 0.0784. The molecule has 150 valence electrons. The molecule has 0 radical (unpaired) electrons. The Bertz CT molecular complexity index is 969. The minimum Gasteiger partial charge on any atom is -0.337 e. The van der Waals surface area contributed by atoms with Crippen molar-refractivity contribution in [2.45, 2.75) is 37.6 Å². The predicted octanol–water partition coefficient (Wildman–Crippen LogP) is 4.10. The van der Waals surface area contributed by atoms with Gasteiger partial charge in [-0.15, -0.1) is 0 Å². The predicted molar refractivity (Wildman–Crippen MR) is 111 cm³/mol. The molecular formula is C21H25ClN2O3S. The number of sulfonamides is 1. The summed E-state index contributed by atoms with van der Waals surface area (Å²) in [5.41, 5.74) is 1.98. The standard InChI is InChI=1S/C21H25ClN2O3S/c1-16-10-11-18(28(26,27)24-12-6-3-7-13-24)14-19(16)21(25)23(2)15-17-8-4-5-9-20(17)22/h4-5,8-11,14H,3,6-7,12-13,15H2,1-2H3. The molecule has 5 nitrogen and oxygen atoms in total. The molecule has 1 saturated heterocycles. The lowest BCUT2D eigenvalue weighted by Gasteiger charge is -2.26. The van der Waals surface area contributed by atoms with Crippen LogP contribution < -0.4 is 0 Å². The third-order valence-electron chi connectivity index (χ3n) is 5.10. The second-order valence-corrected chi connectivity index (χ2v) is 9.54. The first-order chi connectivity index (χ1) is 13.3. The lowest BCUT2D eigenvalue weighted by atomic mass is 10.1. The molecular weight excluding hydrogens is 396 g/mol. The molecule has 28 heavy (non-hydrogen) atoms. The van der Waals surface area contributed by atoms with E-state index in [-0.39, 0.29) is 10.8 Å². The Kier molecular flexibility index (Phi) is 6.43. The molecule has 7 heteroatoms. The van der Waals surface area contributed by atoms with Crippen LogP contribution in [0.1, 0.15) is 40.7 Å². The summed E-state index contributed by atoms with van der Waals surface area (Å²) in [7, 11) is -1.89. The van der Waals surface area contributed by atoms with Gasteiger partial charge in [-0.3, -0.25) is 4.79 Å². The monoisotopic (exact) mass is 420 g/mol. The van der Waals surface area contributed by atoms with E-state index >= 15 is 0 Å². The second kappa shape index (κ2) is 8.64. The number of hydrogen-bond acceptors (Lipinski definition) is 3. The number of rotatable bonds is 5. The molecule has 0 unspecified atom stereocenters. The number of aryl methyl sites for hydroxylation is 1. The van der Waals surface area contributed by atoms with E-state index in [1.54, 1.807) is 30.1 Å². The number of carbonyl (C=O) groups is 1. The van der Waals surface area contributed by atoms with E-state index < -0.39 is 10.0 Å². The first kappa shape index (κ1) is 20.8. The molecule has 1 aliphatic heterocycles. The van der Waals surface area contributed by atoms with Crippen molar-refractivity contribution in [1.29, 1.82) is 0 Å². The minimum absolute atomic E-state index is 0.175. The average molecular weight is 421 g/mol. The van der Waals surface area contributed by atoms with Gasteiger partial charge >= 0.3 is 0 Å². The maximum Gasteiger partial charge on any atom is 0.254 e. The summed E-state index contributed by atoms with van der Waals surface area (Å²) in [6, 6.07) is 12.2. The number of piperidine rings is 1. The smallest absolute Gasteiger partial charge is 0.254 e. The third kappa shape index (κ3) is 4.40. The number of hydrogen-bond donors (Lipinski definition) is 0. The summed E-state index contributed by atoms with van der Waals surface area (Å²) in [6.45, 7) is 3.23. The molecule has 0 aliphatic carbocycles. The molecule has 1 fully saturated rings. The molecule has 1 heterocycles. The van der Waals surface area contributed by atoms with Gasteiger partial charge in [0.1, 0.15) is 0 Å². The molecule has 2 aromatic rings. The number of carbonyl (C=O) groups excluding carboxylic acids is 1. The van der Waals surface area contributed by atoms with E-state index in [0.717, 1.165) is 30.4 Å². The lowest BCUT2D eigenvalue weighted by Crippen LogP contribution is -2.35. The van der Waals surface area contributed by atoms with Crippen LogP contribution in [-0.2, 0) is 16.6 Å². The zero-order valence-corrected chi connectivity index (χ0v) is 17.8. The van der Waals surface area contributed by atoms with Crippen LogP contribution in [0.2, 0.25) is 5.02 Å². The molecule has 2 aromatic carbocycles. The zero-order chi connectivity index (χ0) is 20.3. The van der Waals surface area contributed by atoms with Crippen LogP contribution in [0, 0.1) is 6.92 Å². The normalized spacial score (nSPS) is 15.4. The van der Waals surface area contributed by atoms with Crippen LogP contribution in [0.15, 0.2) is 47.4 Å². The second-order valence-electron chi connectivity index (χ2n) is 7.19. The Hall–Kier alpha value is -1.89. The summed E-state index contributed by atoms with van der Waals surface area (Å²) in [4.78, 5) is 14.7. The molecule has 1 aliphatic rings. The van der Waals surface area contributed by atoms with Crippen LogP contribution in [0.25, 0.3) is 0 Å². The highest BCUT2D eigenvalue weighted by molar-refractivity contribution is 7.89. The third-order valence-corrected chi connectivity index (χ3v) is 7.37.